The third-order valence-corrected chi connectivity index (χ3v) is 3.25. The van der Waals surface area contributed by atoms with E-state index in [4.69, 9.17) is 23.8 Å². The Bertz CT molecular complexity index is 699. The van der Waals surface area contributed by atoms with Crippen LogP contribution in [0.15, 0.2) is 24.4 Å². The molecule has 22 heavy (non-hydrogen) atoms. The highest BCUT2D eigenvalue weighted by molar-refractivity contribution is 7.80. The highest BCUT2D eigenvalue weighted by Crippen LogP contribution is 2.16. The number of halogens is 4. The van der Waals surface area contributed by atoms with Crippen molar-refractivity contribution in [1.29, 1.82) is 0 Å². The van der Waals surface area contributed by atoms with E-state index in [1.807, 2.05) is 0 Å². The lowest BCUT2D eigenvalue weighted by atomic mass is 10.1. The molecule has 1 aromatic heterocycles. The summed E-state index contributed by atoms with van der Waals surface area (Å²) < 4.78 is 39.3. The first-order valence-corrected chi connectivity index (χ1v) is 6.92. The Morgan fingerprint density at radius 1 is 1.18 bits per heavy atom. The summed E-state index contributed by atoms with van der Waals surface area (Å²) in [5.74, 6) is -3.62. The molecule has 0 atom stereocenters. The van der Waals surface area contributed by atoms with Gasteiger partial charge in [-0.1, -0.05) is 17.7 Å². The van der Waals surface area contributed by atoms with Crippen LogP contribution in [0, 0.1) is 17.5 Å². The monoisotopic (exact) mass is 346 g/mol. The van der Waals surface area contributed by atoms with Gasteiger partial charge in [-0.25, -0.2) is 13.2 Å². The Morgan fingerprint density at radius 2 is 1.95 bits per heavy atom. The molecule has 0 fully saturated rings. The van der Waals surface area contributed by atoms with Crippen LogP contribution in [-0.4, -0.2) is 21.9 Å². The van der Waals surface area contributed by atoms with Crippen LogP contribution in [0.25, 0.3) is 0 Å². The number of anilines is 1. The molecule has 0 radical (unpaired) electrons. The van der Waals surface area contributed by atoms with Gasteiger partial charge >= 0.3 is 0 Å². The Hall–Kier alpha value is -1.93. The van der Waals surface area contributed by atoms with Crippen molar-refractivity contribution in [3.63, 3.8) is 0 Å². The molecule has 9 heteroatoms. The molecule has 2 N–H and O–H groups in total. The normalized spacial score (nSPS) is 10.4. The largest absolute Gasteiger partial charge is 0.362 e. The van der Waals surface area contributed by atoms with E-state index in [1.54, 1.807) is 0 Å². The van der Waals surface area contributed by atoms with Crippen LogP contribution in [0.2, 0.25) is 5.02 Å². The SMILES string of the molecule is Fc1ccc(CCNC(=S)Nc2nnccc2Cl)c(F)c1F. The van der Waals surface area contributed by atoms with Crippen molar-refractivity contribution in [3.05, 3.63) is 52.4 Å². The molecule has 0 aliphatic carbocycles. The van der Waals surface area contributed by atoms with E-state index in [0.717, 1.165) is 6.07 Å². The van der Waals surface area contributed by atoms with Gasteiger partial charge in [0.05, 0.1) is 11.2 Å². The van der Waals surface area contributed by atoms with Gasteiger partial charge in [0.25, 0.3) is 0 Å². The van der Waals surface area contributed by atoms with Gasteiger partial charge in [0.15, 0.2) is 28.4 Å². The maximum absolute atomic E-state index is 13.5. The quantitative estimate of drug-likeness (QED) is 0.658. The third-order valence-electron chi connectivity index (χ3n) is 2.70. The zero-order chi connectivity index (χ0) is 16.1. The molecule has 1 heterocycles. The lowest BCUT2D eigenvalue weighted by molar-refractivity contribution is 0.441. The summed E-state index contributed by atoms with van der Waals surface area (Å²) in [6.07, 6.45) is 1.55. The standard InChI is InChI=1S/C13H10ClF3N4S/c14-8-4-6-19-21-12(8)20-13(22)18-5-3-7-1-2-9(15)11(17)10(7)16/h1-2,4,6H,3,5H2,(H2,18,20,21,22). The topological polar surface area (TPSA) is 49.8 Å². The lowest BCUT2D eigenvalue weighted by Crippen LogP contribution is -2.30. The molecule has 0 bridgehead atoms. The molecule has 0 unspecified atom stereocenters. The molecule has 0 aliphatic rings. The van der Waals surface area contributed by atoms with Gasteiger partial charge in [0, 0.05) is 6.54 Å². The average Bonchev–Trinajstić information content (AvgIpc) is 2.50. The number of rotatable bonds is 4. The molecule has 0 spiro atoms. The van der Waals surface area contributed by atoms with Crippen LogP contribution in [-0.2, 0) is 6.42 Å². The number of nitrogens with zero attached hydrogens (tertiary/aromatic N) is 2. The molecule has 0 saturated carbocycles. The molecular formula is C13H10ClF3N4S. The Morgan fingerprint density at radius 3 is 2.68 bits per heavy atom. The second-order valence-corrected chi connectivity index (χ2v) is 5.01. The van der Waals surface area contributed by atoms with Crippen LogP contribution in [0.5, 0.6) is 0 Å². The predicted molar refractivity (Wildman–Crippen MR) is 81.3 cm³/mol. The Labute approximate surface area is 134 Å². The molecule has 4 nitrogen and oxygen atoms in total. The fourth-order valence-corrected chi connectivity index (χ4v) is 1.96. The maximum Gasteiger partial charge on any atom is 0.194 e. The van der Waals surface area contributed by atoms with E-state index in [9.17, 15) is 13.2 Å². The first-order valence-electron chi connectivity index (χ1n) is 6.13. The van der Waals surface area contributed by atoms with E-state index in [0.29, 0.717) is 5.02 Å². The number of hydrogen-bond acceptors (Lipinski definition) is 3. The number of nitrogens with one attached hydrogen (secondary N) is 2. The minimum absolute atomic E-state index is 0.0479. The molecule has 0 saturated heterocycles. The van der Waals surface area contributed by atoms with Gasteiger partial charge < -0.3 is 10.6 Å². The second-order valence-electron chi connectivity index (χ2n) is 4.19. The van der Waals surface area contributed by atoms with Crippen LogP contribution in [0.1, 0.15) is 5.56 Å². The molecule has 116 valence electrons. The summed E-state index contributed by atoms with van der Waals surface area (Å²) in [4.78, 5) is 0. The van der Waals surface area contributed by atoms with Crippen molar-refractivity contribution < 1.29 is 13.2 Å². The fourth-order valence-electron chi connectivity index (χ4n) is 1.62. The van der Waals surface area contributed by atoms with Gasteiger partial charge in [0.1, 0.15) is 0 Å². The molecule has 2 aromatic rings. The molecule has 0 amide bonds. The predicted octanol–water partition coefficient (Wildman–Crippen LogP) is 3.08. The second kappa shape index (κ2) is 7.37. The van der Waals surface area contributed by atoms with Gasteiger partial charge in [-0.05, 0) is 36.3 Å². The first kappa shape index (κ1) is 16.4. The highest BCUT2D eigenvalue weighted by Gasteiger charge is 2.13. The van der Waals surface area contributed by atoms with E-state index in [1.165, 1.54) is 18.3 Å². The summed E-state index contributed by atoms with van der Waals surface area (Å²) in [6.45, 7) is 0.214. The van der Waals surface area contributed by atoms with Gasteiger partial charge in [-0.3, -0.25) is 0 Å². The Kier molecular flexibility index (Phi) is 5.51. The summed E-state index contributed by atoms with van der Waals surface area (Å²) in [5, 5.41) is 13.4. The van der Waals surface area contributed by atoms with E-state index >= 15 is 0 Å². The smallest absolute Gasteiger partial charge is 0.194 e. The number of benzene rings is 1. The van der Waals surface area contributed by atoms with Crippen LogP contribution in [0.4, 0.5) is 19.0 Å². The minimum Gasteiger partial charge on any atom is -0.362 e. The van der Waals surface area contributed by atoms with Gasteiger partial charge in [0.2, 0.25) is 0 Å². The minimum atomic E-state index is -1.48. The molecule has 2 rings (SSSR count). The number of aromatic nitrogens is 2. The van der Waals surface area contributed by atoms with Crippen LogP contribution in [0.3, 0.4) is 0 Å². The van der Waals surface area contributed by atoms with Crippen LogP contribution >= 0.6 is 23.8 Å². The third kappa shape index (κ3) is 4.05. The summed E-state index contributed by atoms with van der Waals surface area (Å²) in [6, 6.07) is 3.60. The van der Waals surface area contributed by atoms with Crippen molar-refractivity contribution in [1.82, 2.24) is 15.5 Å². The van der Waals surface area contributed by atoms with Crippen molar-refractivity contribution in [2.45, 2.75) is 6.42 Å². The molecule has 0 aliphatic heterocycles. The first-order chi connectivity index (χ1) is 10.5. The zero-order valence-corrected chi connectivity index (χ0v) is 12.6. The summed E-state index contributed by atoms with van der Waals surface area (Å²) in [5.41, 5.74) is 0.0479. The van der Waals surface area contributed by atoms with Crippen molar-refractivity contribution in [3.8, 4) is 0 Å². The van der Waals surface area contributed by atoms with E-state index in [-0.39, 0.29) is 29.5 Å². The summed E-state index contributed by atoms with van der Waals surface area (Å²) >= 11 is 10.9. The molecule has 1 aromatic carbocycles. The fraction of sp³-hybridized carbons (Fsp3) is 0.154. The Balaban J connectivity index is 1.88. The van der Waals surface area contributed by atoms with Crippen molar-refractivity contribution in [2.75, 3.05) is 11.9 Å². The lowest BCUT2D eigenvalue weighted by Gasteiger charge is -2.10. The van der Waals surface area contributed by atoms with Gasteiger partial charge in [-0.15, -0.1) is 5.10 Å². The van der Waals surface area contributed by atoms with E-state index in [2.05, 4.69) is 20.8 Å². The summed E-state index contributed by atoms with van der Waals surface area (Å²) in [7, 11) is 0. The maximum atomic E-state index is 13.5. The van der Waals surface area contributed by atoms with Crippen molar-refractivity contribution >= 4 is 34.7 Å². The van der Waals surface area contributed by atoms with Crippen molar-refractivity contribution in [2.24, 2.45) is 0 Å². The number of thiocarbonyl (C=S) groups is 1. The van der Waals surface area contributed by atoms with Gasteiger partial charge in [-0.2, -0.15) is 5.10 Å². The average molecular weight is 347 g/mol. The van der Waals surface area contributed by atoms with Crippen LogP contribution < -0.4 is 10.6 Å². The molecular weight excluding hydrogens is 337 g/mol. The zero-order valence-electron chi connectivity index (χ0n) is 11.0. The number of hydrogen-bond donors (Lipinski definition) is 2. The highest BCUT2D eigenvalue weighted by atomic mass is 35.5. The van der Waals surface area contributed by atoms with E-state index < -0.39 is 17.5 Å².